The molecule has 0 aromatic heterocycles. The van der Waals surface area contributed by atoms with Crippen molar-refractivity contribution in [2.45, 2.75) is 69.2 Å². The summed E-state index contributed by atoms with van der Waals surface area (Å²) in [4.78, 5) is 0. The van der Waals surface area contributed by atoms with Gasteiger partial charge in [0.15, 0.2) is 0 Å². The molecule has 498 valence electrons. The van der Waals surface area contributed by atoms with E-state index in [9.17, 15) is 0 Å². The average Bonchev–Trinajstić information content (AvgIpc) is 1.65. The van der Waals surface area contributed by atoms with Crippen LogP contribution >= 0.6 is 104 Å². The summed E-state index contributed by atoms with van der Waals surface area (Å²) in [5.74, 6) is 6.29. The number of halogens is 9. The van der Waals surface area contributed by atoms with Crippen LogP contribution in [0.4, 0.5) is 0 Å². The first-order valence-corrected chi connectivity index (χ1v) is 32.1. The second-order valence-corrected chi connectivity index (χ2v) is 23.7. The minimum Gasteiger partial charge on any atom is -0.497 e. The summed E-state index contributed by atoms with van der Waals surface area (Å²) in [6.45, 7) is 19.9. The molecule has 0 aliphatic rings. The quantitative estimate of drug-likeness (QED) is 0.158. The van der Waals surface area contributed by atoms with Gasteiger partial charge in [-0.1, -0.05) is 200 Å². The van der Waals surface area contributed by atoms with Gasteiger partial charge in [0.2, 0.25) is 0 Å². The molecule has 0 amide bonds. The third-order valence-corrected chi connectivity index (χ3v) is 15.8. The van der Waals surface area contributed by atoms with Gasteiger partial charge in [-0.15, -0.1) is 0 Å². The average molecular weight is 1440 g/mol. The molecule has 0 aliphatic heterocycles. The standard InChI is InChI=1S/2C9H12O2.3C8H10O.4C7H6Cl2.C7H7Cl/c1-7-6-8(10-2)4-5-9(7)11-3;1-7-8(10-2)5-4-6-9(7)11-3;1-7-3-5-8(9-2)6-4-7;1-7-4-3-5-8(6-7)9-2;1-7-5-3-4-6-8(7)9-2;1-5-4-6(8)2-3-7(5)9;1-5-2-3-6(8)4-7(5)9;1-5-2-3-6(8)7(9)4-5;1-5-3-2-4-6(8)7(5)9;1-6-2-4-7(8)5-3-6/h2*4-6H,1-3H3;3*3-6H,1-2H3;4*2-4H,1H3;2-5H,1H3. The second kappa shape index (κ2) is 48.2. The van der Waals surface area contributed by atoms with Crippen LogP contribution in [0.3, 0.4) is 0 Å². The third kappa shape index (κ3) is 36.0. The highest BCUT2D eigenvalue weighted by Gasteiger charge is 2.03. The molecule has 0 N–H and O–H groups in total. The van der Waals surface area contributed by atoms with Crippen LogP contribution in [0.2, 0.25) is 45.2 Å². The first-order chi connectivity index (χ1) is 44.2. The summed E-state index contributed by atoms with van der Waals surface area (Å²) in [7, 11) is 11.7. The Hall–Kier alpha value is -6.59. The summed E-state index contributed by atoms with van der Waals surface area (Å²) in [6.07, 6.45) is 0. The van der Waals surface area contributed by atoms with E-state index in [1.165, 1.54) is 22.3 Å². The zero-order valence-corrected chi connectivity index (χ0v) is 62.7. The summed E-state index contributed by atoms with van der Waals surface area (Å²) < 4.78 is 35.4. The van der Waals surface area contributed by atoms with Gasteiger partial charge in [0.1, 0.15) is 40.2 Å². The van der Waals surface area contributed by atoms with E-state index in [2.05, 4.69) is 6.92 Å². The van der Waals surface area contributed by atoms with E-state index in [0.29, 0.717) is 25.1 Å². The normalized spacial score (nSPS) is 9.40. The van der Waals surface area contributed by atoms with Crippen LogP contribution in [0, 0.1) is 69.2 Å². The van der Waals surface area contributed by atoms with Gasteiger partial charge in [0, 0.05) is 30.7 Å². The molecule has 0 radical (unpaired) electrons. The minimum atomic E-state index is 0.613. The van der Waals surface area contributed by atoms with Crippen molar-refractivity contribution in [1.29, 1.82) is 0 Å². The maximum Gasteiger partial charge on any atom is 0.125 e. The molecular weight excluding hydrogens is 1360 g/mol. The lowest BCUT2D eigenvalue weighted by molar-refractivity contribution is 0.389. The van der Waals surface area contributed by atoms with Gasteiger partial charge in [-0.05, 0) is 230 Å². The third-order valence-electron chi connectivity index (χ3n) is 12.6. The Morgan fingerprint density at radius 1 is 0.215 bits per heavy atom. The van der Waals surface area contributed by atoms with E-state index < -0.39 is 0 Å². The van der Waals surface area contributed by atoms with E-state index in [1.807, 2.05) is 238 Å². The van der Waals surface area contributed by atoms with Gasteiger partial charge < -0.3 is 33.2 Å². The fraction of sp³-hybridized carbons (Fsp3) is 0.221. The van der Waals surface area contributed by atoms with Crippen molar-refractivity contribution in [3.05, 3.63) is 307 Å². The fourth-order valence-electron chi connectivity index (χ4n) is 7.14. The number of para-hydroxylation sites is 1. The molecule has 10 aromatic rings. The zero-order valence-electron chi connectivity index (χ0n) is 55.9. The zero-order chi connectivity index (χ0) is 70.0. The number of rotatable bonds is 7. The molecule has 93 heavy (non-hydrogen) atoms. The van der Waals surface area contributed by atoms with E-state index in [4.69, 9.17) is 138 Å². The predicted molar refractivity (Wildman–Crippen MR) is 403 cm³/mol. The van der Waals surface area contributed by atoms with Gasteiger partial charge >= 0.3 is 0 Å². The van der Waals surface area contributed by atoms with Crippen LogP contribution in [0.25, 0.3) is 0 Å². The number of benzene rings is 10. The Kier molecular flexibility index (Phi) is 43.7. The number of ether oxygens (including phenoxy) is 7. The van der Waals surface area contributed by atoms with E-state index in [0.717, 1.165) is 93.7 Å². The van der Waals surface area contributed by atoms with Gasteiger partial charge in [0.25, 0.3) is 0 Å². The summed E-state index contributed by atoms with van der Waals surface area (Å²) in [6, 6.07) is 65.1. The highest BCUT2D eigenvalue weighted by atomic mass is 35.5. The van der Waals surface area contributed by atoms with Crippen LogP contribution in [0.5, 0.6) is 40.2 Å². The van der Waals surface area contributed by atoms with E-state index in [-0.39, 0.29) is 0 Å². The molecule has 10 rings (SSSR count). The molecule has 10 aromatic carbocycles. The predicted octanol–water partition coefficient (Wildman–Crippen LogP) is 25.9. The van der Waals surface area contributed by atoms with Crippen LogP contribution in [-0.4, -0.2) is 49.8 Å². The number of aryl methyl sites for hydroxylation is 9. The van der Waals surface area contributed by atoms with Crippen molar-refractivity contribution in [1.82, 2.24) is 0 Å². The van der Waals surface area contributed by atoms with Crippen molar-refractivity contribution < 1.29 is 33.2 Å². The van der Waals surface area contributed by atoms with E-state index >= 15 is 0 Å². The van der Waals surface area contributed by atoms with Gasteiger partial charge in [0.05, 0.1) is 69.9 Å². The summed E-state index contributed by atoms with van der Waals surface area (Å²) in [5, 5.41) is 6.22. The Morgan fingerprint density at radius 3 is 1.06 bits per heavy atom. The Balaban J connectivity index is 0.000000517. The van der Waals surface area contributed by atoms with Crippen molar-refractivity contribution in [2.75, 3.05) is 49.8 Å². The first-order valence-electron chi connectivity index (χ1n) is 28.7. The number of hydrogen-bond donors (Lipinski definition) is 0. The fourth-order valence-corrected chi connectivity index (χ4v) is 8.72. The molecule has 16 heteroatoms. The smallest absolute Gasteiger partial charge is 0.125 e. The van der Waals surface area contributed by atoms with Crippen molar-refractivity contribution in [2.24, 2.45) is 0 Å². The topological polar surface area (TPSA) is 64.6 Å². The van der Waals surface area contributed by atoms with E-state index in [1.54, 1.807) is 80.1 Å². The SMILES string of the molecule is COc1ccc(C)cc1.COc1ccc(OC)c(C)c1.COc1cccc(C)c1.COc1cccc(OC)c1C.COc1ccccc1C.Cc1cc(Cl)ccc1Cl.Cc1ccc(Cl)c(Cl)c1.Cc1ccc(Cl)cc1.Cc1ccc(Cl)cc1Cl.Cc1cccc(Cl)c1Cl. The molecule has 7 nitrogen and oxygen atoms in total. The van der Waals surface area contributed by atoms with Crippen LogP contribution in [-0.2, 0) is 0 Å². The molecule has 0 saturated heterocycles. The maximum absolute atomic E-state index is 5.75. The van der Waals surface area contributed by atoms with Crippen molar-refractivity contribution >= 4 is 104 Å². The lowest BCUT2D eigenvalue weighted by Crippen LogP contribution is -1.90. The van der Waals surface area contributed by atoms with Crippen LogP contribution < -0.4 is 33.2 Å². The second-order valence-electron chi connectivity index (χ2n) is 20.0. The molecule has 0 aliphatic carbocycles. The van der Waals surface area contributed by atoms with Crippen molar-refractivity contribution in [3.63, 3.8) is 0 Å². The lowest BCUT2D eigenvalue weighted by Gasteiger charge is -2.07. The molecule has 0 heterocycles. The lowest BCUT2D eigenvalue weighted by atomic mass is 10.2. The molecule has 0 unspecified atom stereocenters. The van der Waals surface area contributed by atoms with Gasteiger partial charge in [-0.3, -0.25) is 0 Å². The molecule has 0 bridgehead atoms. The molecule has 0 atom stereocenters. The summed E-state index contributed by atoms with van der Waals surface area (Å²) >= 11 is 51.1. The van der Waals surface area contributed by atoms with Crippen LogP contribution in [0.1, 0.15) is 55.6 Å². The largest absolute Gasteiger partial charge is 0.497 e. The minimum absolute atomic E-state index is 0.613. The summed E-state index contributed by atoms with van der Waals surface area (Å²) in [5.41, 5.74) is 11.3. The maximum atomic E-state index is 5.75. The van der Waals surface area contributed by atoms with Gasteiger partial charge in [-0.2, -0.15) is 0 Å². The first kappa shape index (κ1) is 84.4. The molecule has 0 spiro atoms. The monoisotopic (exact) mass is 1440 g/mol. The van der Waals surface area contributed by atoms with Gasteiger partial charge in [-0.25, -0.2) is 0 Å². The Morgan fingerprint density at radius 2 is 0.645 bits per heavy atom. The Labute approximate surface area is 599 Å². The number of methoxy groups -OCH3 is 7. The molecular formula is C77H85Cl9O7. The molecule has 0 fully saturated rings. The highest BCUT2D eigenvalue weighted by Crippen LogP contribution is 2.28. The van der Waals surface area contributed by atoms with Crippen LogP contribution in [0.15, 0.2) is 206 Å². The van der Waals surface area contributed by atoms with Crippen molar-refractivity contribution in [3.8, 4) is 40.2 Å². The molecule has 0 saturated carbocycles. The highest BCUT2D eigenvalue weighted by molar-refractivity contribution is 6.42. The Bertz CT molecular complexity index is 3530. The number of hydrogen-bond acceptors (Lipinski definition) is 7.